The molecule has 0 aliphatic rings. The number of aryl methyl sites for hydroxylation is 2. The van der Waals surface area contributed by atoms with Crippen LogP contribution in [0.25, 0.3) is 0 Å². The van der Waals surface area contributed by atoms with Gasteiger partial charge in [-0.25, -0.2) is 8.42 Å². The molecular weight excluding hydrogens is 314 g/mol. The molecule has 0 saturated heterocycles. The van der Waals surface area contributed by atoms with Crippen LogP contribution >= 0.6 is 11.6 Å². The summed E-state index contributed by atoms with van der Waals surface area (Å²) in [6, 6.07) is 6.09. The second-order valence-corrected chi connectivity index (χ2v) is 7.12. The van der Waals surface area contributed by atoms with E-state index in [9.17, 15) is 8.42 Å². The van der Waals surface area contributed by atoms with Crippen molar-refractivity contribution in [2.75, 3.05) is 12.4 Å². The number of benzene rings is 1. The van der Waals surface area contributed by atoms with Crippen LogP contribution in [0.3, 0.4) is 0 Å². The van der Waals surface area contributed by atoms with Gasteiger partial charge in [0.25, 0.3) is 0 Å². The van der Waals surface area contributed by atoms with Crippen LogP contribution in [0.2, 0.25) is 5.02 Å². The third-order valence-electron chi connectivity index (χ3n) is 2.94. The number of nitrogens with zero attached hydrogens (tertiary/aromatic N) is 3. The summed E-state index contributed by atoms with van der Waals surface area (Å²) in [7, 11) is -3.37. The number of hydrogen-bond donors (Lipinski definition) is 1. The van der Waals surface area contributed by atoms with Crippen LogP contribution in [0.4, 0.5) is 0 Å². The molecule has 1 aromatic heterocycles. The van der Waals surface area contributed by atoms with Crippen molar-refractivity contribution in [2.24, 2.45) is 0 Å². The van der Waals surface area contributed by atoms with E-state index in [1.165, 1.54) is 16.8 Å². The minimum absolute atomic E-state index is 0.0581. The third kappa shape index (κ3) is 4.52. The van der Waals surface area contributed by atoms with Gasteiger partial charge in [0.1, 0.15) is 0 Å². The first-order valence-electron chi connectivity index (χ1n) is 6.49. The van der Waals surface area contributed by atoms with Crippen molar-refractivity contribution in [3.8, 4) is 0 Å². The SMILES string of the molecule is O=S(=O)(CCn1cc(CCCO)nn1)c1ccc(Cl)cc1. The fourth-order valence-corrected chi connectivity index (χ4v) is 3.14. The van der Waals surface area contributed by atoms with Crippen LogP contribution in [-0.2, 0) is 22.8 Å². The molecule has 6 nitrogen and oxygen atoms in total. The Morgan fingerprint density at radius 1 is 1.24 bits per heavy atom. The Morgan fingerprint density at radius 2 is 1.95 bits per heavy atom. The number of halogens is 1. The summed E-state index contributed by atoms with van der Waals surface area (Å²) in [5.74, 6) is -0.0581. The molecule has 0 unspecified atom stereocenters. The van der Waals surface area contributed by atoms with Gasteiger partial charge in [-0.1, -0.05) is 16.8 Å². The van der Waals surface area contributed by atoms with Crippen LogP contribution in [0, 0.1) is 0 Å². The lowest BCUT2D eigenvalue weighted by Crippen LogP contribution is -2.13. The highest BCUT2D eigenvalue weighted by Crippen LogP contribution is 2.15. The normalized spacial score (nSPS) is 11.7. The molecule has 2 rings (SSSR count). The smallest absolute Gasteiger partial charge is 0.180 e. The average molecular weight is 330 g/mol. The molecule has 1 N–H and O–H groups in total. The zero-order chi connectivity index (χ0) is 15.3. The topological polar surface area (TPSA) is 85.1 Å². The molecule has 0 spiro atoms. The highest BCUT2D eigenvalue weighted by atomic mass is 35.5. The molecule has 0 bridgehead atoms. The van der Waals surface area contributed by atoms with Gasteiger partial charge >= 0.3 is 0 Å². The Morgan fingerprint density at radius 3 is 2.62 bits per heavy atom. The van der Waals surface area contributed by atoms with Gasteiger partial charge in [-0.15, -0.1) is 5.10 Å². The van der Waals surface area contributed by atoms with E-state index in [1.807, 2.05) is 0 Å². The van der Waals surface area contributed by atoms with Crippen molar-refractivity contribution in [2.45, 2.75) is 24.3 Å². The minimum atomic E-state index is -3.37. The van der Waals surface area contributed by atoms with E-state index in [0.717, 1.165) is 5.69 Å². The number of aromatic nitrogens is 3. The summed E-state index contributed by atoms with van der Waals surface area (Å²) in [5, 5.41) is 17.1. The van der Waals surface area contributed by atoms with Gasteiger partial charge in [0.2, 0.25) is 0 Å². The van der Waals surface area contributed by atoms with Gasteiger partial charge in [-0.05, 0) is 37.1 Å². The lowest BCUT2D eigenvalue weighted by molar-refractivity contribution is 0.288. The van der Waals surface area contributed by atoms with E-state index in [1.54, 1.807) is 18.3 Å². The maximum atomic E-state index is 12.2. The molecule has 1 heterocycles. The Hall–Kier alpha value is -1.44. The van der Waals surface area contributed by atoms with Crippen molar-refractivity contribution in [1.29, 1.82) is 0 Å². The molecule has 2 aromatic rings. The van der Waals surface area contributed by atoms with E-state index >= 15 is 0 Å². The number of sulfone groups is 1. The van der Waals surface area contributed by atoms with E-state index < -0.39 is 9.84 Å². The fourth-order valence-electron chi connectivity index (χ4n) is 1.80. The molecule has 0 amide bonds. The van der Waals surface area contributed by atoms with Gasteiger partial charge in [0.15, 0.2) is 9.84 Å². The summed E-state index contributed by atoms with van der Waals surface area (Å²) in [4.78, 5) is 0.243. The first kappa shape index (κ1) is 15.9. The Kier molecular flexibility index (Phi) is 5.33. The van der Waals surface area contributed by atoms with Crippen LogP contribution in [0.5, 0.6) is 0 Å². The lowest BCUT2D eigenvalue weighted by atomic mass is 10.3. The lowest BCUT2D eigenvalue weighted by Gasteiger charge is -2.04. The highest BCUT2D eigenvalue weighted by Gasteiger charge is 2.14. The number of rotatable bonds is 7. The zero-order valence-electron chi connectivity index (χ0n) is 11.3. The van der Waals surface area contributed by atoms with Gasteiger partial charge < -0.3 is 5.11 Å². The number of aliphatic hydroxyl groups is 1. The van der Waals surface area contributed by atoms with Gasteiger partial charge in [-0.3, -0.25) is 4.68 Å². The largest absolute Gasteiger partial charge is 0.396 e. The first-order valence-corrected chi connectivity index (χ1v) is 8.52. The van der Waals surface area contributed by atoms with Crippen molar-refractivity contribution in [1.82, 2.24) is 15.0 Å². The number of aliphatic hydroxyl groups excluding tert-OH is 1. The van der Waals surface area contributed by atoms with Crippen LogP contribution in [0.1, 0.15) is 12.1 Å². The molecule has 0 fully saturated rings. The molecule has 114 valence electrons. The Balaban J connectivity index is 1.98. The van der Waals surface area contributed by atoms with E-state index in [2.05, 4.69) is 10.3 Å². The first-order chi connectivity index (χ1) is 10.0. The summed E-state index contributed by atoms with van der Waals surface area (Å²) < 4.78 is 25.8. The molecule has 0 radical (unpaired) electrons. The second-order valence-electron chi connectivity index (χ2n) is 4.57. The van der Waals surface area contributed by atoms with Crippen LogP contribution in [-0.4, -0.2) is 40.9 Å². The maximum absolute atomic E-state index is 12.2. The molecule has 0 atom stereocenters. The Bertz CT molecular complexity index is 683. The van der Waals surface area contributed by atoms with Gasteiger partial charge in [0.05, 0.1) is 22.9 Å². The van der Waals surface area contributed by atoms with E-state index in [4.69, 9.17) is 16.7 Å². The number of hydrogen-bond acceptors (Lipinski definition) is 5. The van der Waals surface area contributed by atoms with Crippen molar-refractivity contribution in [3.63, 3.8) is 0 Å². The van der Waals surface area contributed by atoms with Crippen molar-refractivity contribution >= 4 is 21.4 Å². The predicted octanol–water partition coefficient (Wildman–Crippen LogP) is 1.33. The Labute approximate surface area is 128 Å². The van der Waals surface area contributed by atoms with Crippen LogP contribution in [0.15, 0.2) is 35.4 Å². The molecular formula is C13H16ClN3O3S. The van der Waals surface area contributed by atoms with Gasteiger partial charge in [0, 0.05) is 17.8 Å². The fraction of sp³-hybridized carbons (Fsp3) is 0.385. The monoisotopic (exact) mass is 329 g/mol. The van der Waals surface area contributed by atoms with Crippen molar-refractivity contribution in [3.05, 3.63) is 41.2 Å². The molecule has 0 aliphatic carbocycles. The van der Waals surface area contributed by atoms with Gasteiger partial charge in [-0.2, -0.15) is 0 Å². The van der Waals surface area contributed by atoms with E-state index in [0.29, 0.717) is 17.9 Å². The van der Waals surface area contributed by atoms with Crippen LogP contribution < -0.4 is 0 Å². The summed E-state index contributed by atoms with van der Waals surface area (Å²) in [6.07, 6.45) is 2.94. The average Bonchev–Trinajstić information content (AvgIpc) is 2.91. The maximum Gasteiger partial charge on any atom is 0.180 e. The molecule has 21 heavy (non-hydrogen) atoms. The minimum Gasteiger partial charge on any atom is -0.396 e. The van der Waals surface area contributed by atoms with E-state index in [-0.39, 0.29) is 23.8 Å². The molecule has 0 aliphatic heterocycles. The standard InChI is InChI=1S/C13H16ClN3O3S/c14-11-3-5-13(6-4-11)21(19,20)9-7-17-10-12(15-16-17)2-1-8-18/h3-6,10,18H,1-2,7-9H2. The summed E-state index contributed by atoms with van der Waals surface area (Å²) in [6.45, 7) is 0.328. The zero-order valence-corrected chi connectivity index (χ0v) is 12.9. The van der Waals surface area contributed by atoms with Crippen molar-refractivity contribution < 1.29 is 13.5 Å². The highest BCUT2D eigenvalue weighted by molar-refractivity contribution is 7.91. The molecule has 8 heteroatoms. The molecule has 1 aromatic carbocycles. The second kappa shape index (κ2) is 7.02. The quantitative estimate of drug-likeness (QED) is 0.828. The predicted molar refractivity (Wildman–Crippen MR) is 78.9 cm³/mol. The molecule has 0 saturated carbocycles. The third-order valence-corrected chi connectivity index (χ3v) is 4.90. The summed E-state index contributed by atoms with van der Waals surface area (Å²) >= 11 is 5.74. The summed E-state index contributed by atoms with van der Waals surface area (Å²) in [5.41, 5.74) is 0.743.